The van der Waals surface area contributed by atoms with Gasteiger partial charge in [0.2, 0.25) is 0 Å². The molecule has 0 aliphatic heterocycles. The van der Waals surface area contributed by atoms with Crippen LogP contribution in [0.2, 0.25) is 0 Å². The number of nitriles is 1. The van der Waals surface area contributed by atoms with Crippen LogP contribution in [0.1, 0.15) is 12.5 Å². The summed E-state index contributed by atoms with van der Waals surface area (Å²) in [5.41, 5.74) is 3.86. The minimum Gasteiger partial charge on any atom is -0.497 e. The topological polar surface area (TPSA) is 105 Å². The Morgan fingerprint density at radius 3 is 2.54 bits per heavy atom. The fourth-order valence-electron chi connectivity index (χ4n) is 3.40. The minimum atomic E-state index is -1.73. The Kier molecular flexibility index (Phi) is 5.99. The van der Waals surface area contributed by atoms with Crippen molar-refractivity contribution in [3.05, 3.63) is 48.0 Å². The van der Waals surface area contributed by atoms with Crippen LogP contribution < -0.4 is 14.2 Å². The number of nitrogens with two attached hydrogens (primary N) is 1. The molecule has 1 heterocycles. The van der Waals surface area contributed by atoms with E-state index in [0.717, 1.165) is 27.9 Å². The molecule has 0 bridgehead atoms. The second-order valence-corrected chi connectivity index (χ2v) is 7.10. The number of nitrogens with zero attached hydrogens (tertiary/aromatic N) is 3. The van der Waals surface area contributed by atoms with E-state index >= 15 is 0 Å². The maximum atomic E-state index is 11.7. The quantitative estimate of drug-likeness (QED) is 0.638. The number of aliphatic hydroxyl groups excluding tert-OH is 1. The average molecular weight is 398 g/mol. The zero-order valence-electron chi connectivity index (χ0n) is 15.8. The van der Waals surface area contributed by atoms with Crippen molar-refractivity contribution in [2.45, 2.75) is 13.5 Å². The van der Waals surface area contributed by atoms with Gasteiger partial charge in [0, 0.05) is 18.0 Å². The molecule has 1 aromatic heterocycles. The lowest BCUT2D eigenvalue weighted by Gasteiger charge is -2.20. The first-order valence-electron chi connectivity index (χ1n) is 8.81. The predicted octanol–water partition coefficient (Wildman–Crippen LogP) is 2.54. The third kappa shape index (κ3) is 3.47. The zero-order chi connectivity index (χ0) is 20.3. The molecule has 0 aliphatic rings. The van der Waals surface area contributed by atoms with Crippen molar-refractivity contribution in [1.82, 2.24) is 4.57 Å². The van der Waals surface area contributed by atoms with Crippen LogP contribution in [0.3, 0.4) is 0 Å². The number of hydrogen-bond acceptors (Lipinski definition) is 4. The molecule has 3 N–H and O–H groups in total. The number of aryl methyl sites for hydroxylation is 1. The molecule has 7 nitrogen and oxygen atoms in total. The van der Waals surface area contributed by atoms with E-state index in [1.807, 2.05) is 37.3 Å². The Morgan fingerprint density at radius 1 is 1.29 bits per heavy atom. The van der Waals surface area contributed by atoms with E-state index in [9.17, 15) is 9.47 Å². The molecule has 0 saturated heterocycles. The van der Waals surface area contributed by atoms with Crippen molar-refractivity contribution >= 4 is 27.8 Å². The molecule has 1 atom stereocenters. The highest BCUT2D eigenvalue weighted by Gasteiger charge is 2.19. The van der Waals surface area contributed by atoms with Crippen LogP contribution in [0, 0.1) is 11.3 Å². The summed E-state index contributed by atoms with van der Waals surface area (Å²) in [6.45, 7) is 2.72. The Hall–Kier alpha value is -2.86. The lowest BCUT2D eigenvalue weighted by atomic mass is 10.1. The van der Waals surface area contributed by atoms with Crippen LogP contribution in [0.25, 0.3) is 22.2 Å². The van der Waals surface area contributed by atoms with Gasteiger partial charge >= 0.3 is 0 Å². The van der Waals surface area contributed by atoms with Crippen molar-refractivity contribution in [2.75, 3.05) is 24.6 Å². The van der Waals surface area contributed by atoms with Crippen LogP contribution >= 0.6 is 0 Å². The number of benzene rings is 2. The normalized spacial score (nSPS) is 12.0. The van der Waals surface area contributed by atoms with E-state index in [1.165, 1.54) is 4.31 Å². The van der Waals surface area contributed by atoms with Gasteiger partial charge in [-0.3, -0.25) is 4.31 Å². The number of rotatable bonds is 7. The Morgan fingerprint density at radius 2 is 2.00 bits per heavy atom. The maximum absolute atomic E-state index is 11.7. The fraction of sp³-hybridized carbons (Fsp3) is 0.250. The molecule has 2 aromatic carbocycles. The summed E-state index contributed by atoms with van der Waals surface area (Å²) in [7, 11) is 1.62. The van der Waals surface area contributed by atoms with Gasteiger partial charge in [-0.15, -0.1) is 0 Å². The van der Waals surface area contributed by atoms with Crippen LogP contribution in [-0.2, 0) is 17.7 Å². The van der Waals surface area contributed by atoms with Gasteiger partial charge in [-0.25, -0.2) is 9.35 Å². The molecule has 0 spiro atoms. The van der Waals surface area contributed by atoms with Gasteiger partial charge in [-0.2, -0.15) is 5.26 Å². The van der Waals surface area contributed by atoms with Crippen molar-refractivity contribution in [3.8, 4) is 23.1 Å². The smallest absolute Gasteiger partial charge is 0.193 e. The number of fused-ring (bicyclic) bond motifs is 1. The first-order valence-corrected chi connectivity index (χ1v) is 9.98. The number of ether oxygens (including phenoxy) is 1. The standard InChI is InChI=1S/C20H22N4O3S/c1-3-23-19-12-16(27-2)8-9-17(19)18(13-21)20(23)14-4-6-15(7-5-14)24(10-11-25)28(22)26/h4-9,12,25H,3,10-11,22H2,1-2H3. The summed E-state index contributed by atoms with van der Waals surface area (Å²) in [6.07, 6.45) is 0. The zero-order valence-corrected chi connectivity index (χ0v) is 16.6. The van der Waals surface area contributed by atoms with Gasteiger partial charge in [0.05, 0.1) is 42.7 Å². The molecule has 1 unspecified atom stereocenters. The Bertz CT molecular complexity index is 1050. The Labute approximate surface area is 166 Å². The number of aromatic nitrogens is 1. The van der Waals surface area contributed by atoms with Crippen LogP contribution in [-0.4, -0.2) is 34.1 Å². The second-order valence-electron chi connectivity index (χ2n) is 6.11. The summed E-state index contributed by atoms with van der Waals surface area (Å²) in [5, 5.41) is 25.3. The van der Waals surface area contributed by atoms with Crippen LogP contribution in [0.15, 0.2) is 42.5 Å². The first kappa shape index (κ1) is 19.9. The number of aliphatic hydroxyl groups is 1. The fourth-order valence-corrected chi connectivity index (χ4v) is 3.99. The molecular weight excluding hydrogens is 376 g/mol. The molecule has 28 heavy (non-hydrogen) atoms. The van der Waals surface area contributed by atoms with Gasteiger partial charge in [0.1, 0.15) is 11.8 Å². The third-order valence-corrected chi connectivity index (χ3v) is 5.48. The van der Waals surface area contributed by atoms with Crippen LogP contribution in [0.5, 0.6) is 5.75 Å². The molecule has 0 radical (unpaired) electrons. The molecule has 0 saturated carbocycles. The minimum absolute atomic E-state index is 0.158. The van der Waals surface area contributed by atoms with E-state index in [1.54, 1.807) is 19.2 Å². The number of methoxy groups -OCH3 is 1. The van der Waals surface area contributed by atoms with Gasteiger partial charge in [0.25, 0.3) is 0 Å². The molecular formula is C20H22N4O3S. The average Bonchev–Trinajstić information content (AvgIpc) is 3.04. The van der Waals surface area contributed by atoms with E-state index in [-0.39, 0.29) is 13.2 Å². The second kappa shape index (κ2) is 8.44. The van der Waals surface area contributed by atoms with E-state index in [2.05, 4.69) is 10.6 Å². The highest BCUT2D eigenvalue weighted by atomic mass is 32.2. The predicted molar refractivity (Wildman–Crippen MR) is 111 cm³/mol. The molecule has 0 amide bonds. The highest BCUT2D eigenvalue weighted by Crippen LogP contribution is 2.36. The molecule has 3 rings (SSSR count). The molecule has 3 aromatic rings. The first-order chi connectivity index (χ1) is 13.5. The van der Waals surface area contributed by atoms with Crippen molar-refractivity contribution in [2.24, 2.45) is 5.14 Å². The Balaban J connectivity index is 2.15. The van der Waals surface area contributed by atoms with Gasteiger partial charge in [-0.05, 0) is 36.8 Å². The SMILES string of the molecule is CCn1c(-c2ccc(N(CCO)S(N)=O)cc2)c(C#N)c2ccc(OC)cc21. The summed E-state index contributed by atoms with van der Waals surface area (Å²) in [4.78, 5) is 0. The van der Waals surface area contributed by atoms with Gasteiger partial charge in [-0.1, -0.05) is 12.1 Å². The molecule has 146 valence electrons. The van der Waals surface area contributed by atoms with Gasteiger partial charge < -0.3 is 14.4 Å². The lowest BCUT2D eigenvalue weighted by molar-refractivity contribution is 0.307. The molecule has 0 aliphatic carbocycles. The lowest BCUT2D eigenvalue weighted by Crippen LogP contribution is -2.33. The summed E-state index contributed by atoms with van der Waals surface area (Å²) in [5.74, 6) is 0.733. The van der Waals surface area contributed by atoms with Crippen molar-refractivity contribution < 1.29 is 14.1 Å². The number of anilines is 1. The molecule has 8 heteroatoms. The summed E-state index contributed by atoms with van der Waals surface area (Å²) >= 11 is -1.73. The highest BCUT2D eigenvalue weighted by molar-refractivity contribution is 7.84. The molecule has 0 fully saturated rings. The third-order valence-electron chi connectivity index (χ3n) is 4.65. The van der Waals surface area contributed by atoms with E-state index in [4.69, 9.17) is 15.0 Å². The summed E-state index contributed by atoms with van der Waals surface area (Å²) in [6, 6.07) is 15.3. The van der Waals surface area contributed by atoms with Crippen LogP contribution in [0.4, 0.5) is 5.69 Å². The van der Waals surface area contributed by atoms with E-state index in [0.29, 0.717) is 17.8 Å². The van der Waals surface area contributed by atoms with E-state index < -0.39 is 11.2 Å². The van der Waals surface area contributed by atoms with Crippen molar-refractivity contribution in [1.29, 1.82) is 5.26 Å². The number of hydrogen-bond donors (Lipinski definition) is 2. The largest absolute Gasteiger partial charge is 0.497 e. The van der Waals surface area contributed by atoms with Crippen molar-refractivity contribution in [3.63, 3.8) is 0 Å². The van der Waals surface area contributed by atoms with Gasteiger partial charge in [0.15, 0.2) is 11.2 Å². The summed E-state index contributed by atoms with van der Waals surface area (Å²) < 4.78 is 20.5. The monoisotopic (exact) mass is 398 g/mol. The maximum Gasteiger partial charge on any atom is 0.193 e.